The molecule has 8 heteroatoms. The molecule has 1 unspecified atom stereocenters. The van der Waals surface area contributed by atoms with Gasteiger partial charge in [-0.2, -0.15) is 0 Å². The molecule has 1 atom stereocenters. The fourth-order valence-corrected chi connectivity index (χ4v) is 3.08. The molecule has 0 aromatic heterocycles. The second-order valence-corrected chi connectivity index (χ2v) is 6.17. The first-order valence-corrected chi connectivity index (χ1v) is 8.14. The number of carbonyl (C=O) groups is 1. The van der Waals surface area contributed by atoms with Gasteiger partial charge in [-0.1, -0.05) is 18.5 Å². The monoisotopic (exact) mass is 361 g/mol. The lowest BCUT2D eigenvalue weighted by Gasteiger charge is -2.38. The summed E-state index contributed by atoms with van der Waals surface area (Å²) in [6.45, 7) is 2.36. The number of rotatable bonds is 4. The van der Waals surface area contributed by atoms with Gasteiger partial charge in [-0.15, -0.1) is 0 Å². The molecule has 1 aliphatic heterocycles. The molecule has 2 N–H and O–H groups in total. The summed E-state index contributed by atoms with van der Waals surface area (Å²) < 4.78 is 0. The number of hydrogen-bond acceptors (Lipinski definition) is 5. The number of phenolic OH excluding ortho intramolecular Hbond substituents is 1. The van der Waals surface area contributed by atoms with Crippen molar-refractivity contribution >= 4 is 28.9 Å². The van der Waals surface area contributed by atoms with Gasteiger partial charge < -0.3 is 15.3 Å². The van der Waals surface area contributed by atoms with E-state index in [2.05, 4.69) is 5.32 Å². The normalized spacial score (nSPS) is 16.3. The molecule has 0 fully saturated rings. The van der Waals surface area contributed by atoms with Gasteiger partial charge in [0.1, 0.15) is 11.9 Å². The molecule has 2 aromatic rings. The Morgan fingerprint density at radius 3 is 2.76 bits per heavy atom. The van der Waals surface area contributed by atoms with Gasteiger partial charge in [0, 0.05) is 29.3 Å². The van der Waals surface area contributed by atoms with Crippen LogP contribution >= 0.6 is 11.6 Å². The van der Waals surface area contributed by atoms with Crippen LogP contribution in [-0.4, -0.2) is 27.4 Å². The molecule has 1 heterocycles. The maximum atomic E-state index is 12.9. The lowest BCUT2D eigenvalue weighted by atomic mass is 10.0. The van der Waals surface area contributed by atoms with Crippen LogP contribution in [0.1, 0.15) is 35.4 Å². The summed E-state index contributed by atoms with van der Waals surface area (Å²) in [4.78, 5) is 24.9. The Morgan fingerprint density at radius 1 is 1.32 bits per heavy atom. The number of hydrogen-bond donors (Lipinski definition) is 2. The van der Waals surface area contributed by atoms with Gasteiger partial charge in [-0.25, -0.2) is 0 Å². The predicted octanol–water partition coefficient (Wildman–Crippen LogP) is 3.93. The van der Waals surface area contributed by atoms with Crippen molar-refractivity contribution in [3.63, 3.8) is 0 Å². The second kappa shape index (κ2) is 6.60. The van der Waals surface area contributed by atoms with Gasteiger partial charge in [0.2, 0.25) is 0 Å². The smallest absolute Gasteiger partial charge is 0.270 e. The number of phenols is 1. The highest BCUT2D eigenvalue weighted by atomic mass is 35.5. The van der Waals surface area contributed by atoms with Crippen molar-refractivity contribution < 1.29 is 14.8 Å². The average Bonchev–Trinajstić information content (AvgIpc) is 2.57. The van der Waals surface area contributed by atoms with Crippen LogP contribution < -0.4 is 5.32 Å². The first kappa shape index (κ1) is 17.0. The summed E-state index contributed by atoms with van der Waals surface area (Å²) in [6, 6.07) is 8.65. The number of halogens is 1. The summed E-state index contributed by atoms with van der Waals surface area (Å²) in [5.41, 5.74) is 1.11. The number of aromatic hydroxyl groups is 1. The van der Waals surface area contributed by atoms with Crippen molar-refractivity contribution in [2.75, 3.05) is 11.9 Å². The fourth-order valence-electron chi connectivity index (χ4n) is 2.91. The number of anilines is 1. The van der Waals surface area contributed by atoms with Gasteiger partial charge in [0.15, 0.2) is 0 Å². The number of nitro benzene ring substituents is 1. The van der Waals surface area contributed by atoms with E-state index in [-0.39, 0.29) is 22.9 Å². The van der Waals surface area contributed by atoms with Crippen molar-refractivity contribution in [2.24, 2.45) is 0 Å². The first-order valence-electron chi connectivity index (χ1n) is 7.76. The number of nitrogens with one attached hydrogen (secondary N) is 1. The highest BCUT2D eigenvalue weighted by Crippen LogP contribution is 2.38. The first-order chi connectivity index (χ1) is 11.9. The van der Waals surface area contributed by atoms with Crippen LogP contribution in [0.5, 0.6) is 5.75 Å². The van der Waals surface area contributed by atoms with Crippen LogP contribution in [0.15, 0.2) is 36.4 Å². The van der Waals surface area contributed by atoms with Crippen LogP contribution in [-0.2, 0) is 0 Å². The zero-order valence-electron chi connectivity index (χ0n) is 13.4. The van der Waals surface area contributed by atoms with Crippen LogP contribution in [0.2, 0.25) is 5.02 Å². The van der Waals surface area contributed by atoms with Gasteiger partial charge >= 0.3 is 0 Å². The van der Waals surface area contributed by atoms with E-state index in [0.29, 0.717) is 29.2 Å². The van der Waals surface area contributed by atoms with Crippen molar-refractivity contribution in [3.05, 3.63) is 62.7 Å². The number of carbonyl (C=O) groups excluding carboxylic acids is 1. The zero-order chi connectivity index (χ0) is 18.1. The Hall–Kier alpha value is -2.80. The third-order valence-electron chi connectivity index (χ3n) is 4.06. The standard InChI is InChI=1S/C17H16ClN3O4/c1-2-7-20-16(13-9-11(21(24)25)4-6-15(13)22)19-14-8-10(18)3-5-12(14)17(20)23/h3-6,8-9,16,19,22H,2,7H2,1H3. The minimum atomic E-state index is -0.724. The molecular weight excluding hydrogens is 346 g/mol. The fraction of sp³-hybridized carbons (Fsp3) is 0.235. The number of amides is 1. The zero-order valence-corrected chi connectivity index (χ0v) is 14.2. The summed E-state index contributed by atoms with van der Waals surface area (Å²) in [5.74, 6) is -0.342. The minimum Gasteiger partial charge on any atom is -0.508 e. The average molecular weight is 362 g/mol. The Labute approximate surface area is 149 Å². The molecule has 130 valence electrons. The summed E-state index contributed by atoms with van der Waals surface area (Å²) in [7, 11) is 0. The summed E-state index contributed by atoms with van der Waals surface area (Å²) in [6.07, 6.45) is -0.0268. The topological polar surface area (TPSA) is 95.7 Å². The van der Waals surface area contributed by atoms with Crippen molar-refractivity contribution in [1.29, 1.82) is 0 Å². The quantitative estimate of drug-likeness (QED) is 0.635. The van der Waals surface area contributed by atoms with E-state index in [1.54, 1.807) is 23.1 Å². The van der Waals surface area contributed by atoms with Crippen LogP contribution in [0.25, 0.3) is 0 Å². The molecule has 1 aliphatic rings. The SMILES string of the molecule is CCCN1C(=O)c2ccc(Cl)cc2NC1c1cc([N+](=O)[O-])ccc1O. The van der Waals surface area contributed by atoms with E-state index >= 15 is 0 Å². The molecule has 3 rings (SSSR count). The Morgan fingerprint density at radius 2 is 2.08 bits per heavy atom. The highest BCUT2D eigenvalue weighted by molar-refractivity contribution is 6.31. The lowest BCUT2D eigenvalue weighted by molar-refractivity contribution is -0.385. The predicted molar refractivity (Wildman–Crippen MR) is 93.9 cm³/mol. The van der Waals surface area contributed by atoms with Crippen LogP contribution in [0, 0.1) is 10.1 Å². The van der Waals surface area contributed by atoms with E-state index in [9.17, 15) is 20.0 Å². The van der Waals surface area contributed by atoms with E-state index in [1.807, 2.05) is 6.92 Å². The minimum absolute atomic E-state index is 0.123. The van der Waals surface area contributed by atoms with Crippen molar-refractivity contribution in [2.45, 2.75) is 19.5 Å². The number of non-ortho nitro benzene ring substituents is 1. The number of fused-ring (bicyclic) bond motifs is 1. The summed E-state index contributed by atoms with van der Waals surface area (Å²) in [5, 5.41) is 24.9. The molecule has 0 spiro atoms. The Balaban J connectivity index is 2.12. The van der Waals surface area contributed by atoms with Gasteiger partial charge in [-0.3, -0.25) is 14.9 Å². The molecule has 2 aromatic carbocycles. The molecule has 7 nitrogen and oxygen atoms in total. The molecule has 0 bridgehead atoms. The molecule has 1 amide bonds. The van der Waals surface area contributed by atoms with E-state index in [1.165, 1.54) is 18.2 Å². The largest absolute Gasteiger partial charge is 0.508 e. The van der Waals surface area contributed by atoms with Gasteiger partial charge in [0.25, 0.3) is 11.6 Å². The van der Waals surface area contributed by atoms with Crippen LogP contribution in [0.3, 0.4) is 0 Å². The third-order valence-corrected chi connectivity index (χ3v) is 4.29. The van der Waals surface area contributed by atoms with Gasteiger partial charge in [0.05, 0.1) is 16.2 Å². The third kappa shape index (κ3) is 3.10. The molecule has 0 radical (unpaired) electrons. The lowest BCUT2D eigenvalue weighted by Crippen LogP contribution is -2.43. The highest BCUT2D eigenvalue weighted by Gasteiger charge is 2.34. The Bertz CT molecular complexity index is 856. The maximum absolute atomic E-state index is 12.9. The van der Waals surface area contributed by atoms with Crippen LogP contribution in [0.4, 0.5) is 11.4 Å². The number of nitro groups is 1. The van der Waals surface area contributed by atoms with Crippen molar-refractivity contribution in [3.8, 4) is 5.75 Å². The molecule has 0 saturated carbocycles. The van der Waals surface area contributed by atoms with Gasteiger partial charge in [-0.05, 0) is 30.7 Å². The van der Waals surface area contributed by atoms with Crippen molar-refractivity contribution in [1.82, 2.24) is 4.90 Å². The molecule has 0 saturated heterocycles. The van der Waals surface area contributed by atoms with E-state index < -0.39 is 11.1 Å². The number of nitrogens with zero attached hydrogens (tertiary/aromatic N) is 2. The Kier molecular flexibility index (Phi) is 4.50. The molecular formula is C17H16ClN3O4. The molecule has 25 heavy (non-hydrogen) atoms. The maximum Gasteiger partial charge on any atom is 0.270 e. The molecule has 0 aliphatic carbocycles. The summed E-state index contributed by atoms with van der Waals surface area (Å²) >= 11 is 6.01. The van der Waals surface area contributed by atoms with E-state index in [4.69, 9.17) is 11.6 Å². The number of benzene rings is 2. The second-order valence-electron chi connectivity index (χ2n) is 5.74. The van der Waals surface area contributed by atoms with E-state index in [0.717, 1.165) is 0 Å².